The van der Waals surface area contributed by atoms with E-state index in [2.05, 4.69) is 16.3 Å². The maximum atomic E-state index is 9.77. The number of aliphatic hydroxyl groups excluding tert-OH is 2. The number of nitrogens with zero attached hydrogens (tertiary/aromatic N) is 1. The van der Waals surface area contributed by atoms with Crippen LogP contribution in [-0.2, 0) is 16.1 Å². The van der Waals surface area contributed by atoms with Gasteiger partial charge < -0.3 is 25.7 Å². The topological polar surface area (TPSA) is 130 Å². The molecule has 0 aromatic heterocycles. The van der Waals surface area contributed by atoms with Crippen molar-refractivity contribution in [3.05, 3.63) is 33.8 Å². The van der Waals surface area contributed by atoms with Crippen LogP contribution in [0.5, 0.6) is 0 Å². The second-order valence-electron chi connectivity index (χ2n) is 8.03. The van der Waals surface area contributed by atoms with Crippen molar-refractivity contribution in [1.82, 2.24) is 10.2 Å². The van der Waals surface area contributed by atoms with Gasteiger partial charge in [0, 0.05) is 29.2 Å². The number of rotatable bonds is 8. The standard InChI is InChI=1S/C17H24Cl2N2.C4H6O6/c18-15-6-5-14(17(19)9-15)12-21(16-3-1-2-4-16)11-13-7-8-20-10-13;5-1(3(7)8)2(6)4(9)10/h5-6,9,13,16,20H,1-4,7-8,10-12H2;1-2,5-6H,(H,7,8)(H,9,10)/t13-;/m1./s1. The molecule has 174 valence electrons. The lowest BCUT2D eigenvalue weighted by Gasteiger charge is -2.31. The quantitative estimate of drug-likeness (QED) is 0.386. The van der Waals surface area contributed by atoms with Crippen LogP contribution >= 0.6 is 23.2 Å². The van der Waals surface area contributed by atoms with Crippen LogP contribution in [0.1, 0.15) is 37.7 Å². The molecule has 2 unspecified atom stereocenters. The van der Waals surface area contributed by atoms with E-state index < -0.39 is 24.1 Å². The minimum absolute atomic E-state index is 0.719. The first-order valence-corrected chi connectivity index (χ1v) is 11.1. The normalized spacial score (nSPS) is 20.9. The van der Waals surface area contributed by atoms with Crippen molar-refractivity contribution in [2.45, 2.75) is 56.9 Å². The van der Waals surface area contributed by atoms with Crippen LogP contribution in [0.2, 0.25) is 10.0 Å². The number of aliphatic carboxylic acids is 2. The van der Waals surface area contributed by atoms with Gasteiger partial charge >= 0.3 is 11.9 Å². The summed E-state index contributed by atoms with van der Waals surface area (Å²) in [5.74, 6) is -2.75. The Morgan fingerprint density at radius 2 is 1.68 bits per heavy atom. The maximum Gasteiger partial charge on any atom is 0.335 e. The molecule has 10 heteroatoms. The molecule has 1 aliphatic carbocycles. The summed E-state index contributed by atoms with van der Waals surface area (Å²) in [6.45, 7) is 4.48. The van der Waals surface area contributed by atoms with E-state index in [-0.39, 0.29) is 0 Å². The Morgan fingerprint density at radius 1 is 1.06 bits per heavy atom. The summed E-state index contributed by atoms with van der Waals surface area (Å²) in [5.41, 5.74) is 1.21. The average molecular weight is 477 g/mol. The number of aliphatic hydroxyl groups is 2. The molecule has 2 fully saturated rings. The van der Waals surface area contributed by atoms with E-state index in [0.29, 0.717) is 0 Å². The lowest BCUT2D eigenvalue weighted by atomic mass is 10.1. The van der Waals surface area contributed by atoms with Crippen molar-refractivity contribution < 1.29 is 30.0 Å². The first-order chi connectivity index (χ1) is 14.7. The molecular formula is C21H30Cl2N2O6. The number of carboxylic acid groups (broad SMARTS) is 2. The molecule has 0 radical (unpaired) electrons. The highest BCUT2D eigenvalue weighted by Gasteiger charge is 2.29. The zero-order valence-electron chi connectivity index (χ0n) is 17.2. The number of halogens is 2. The van der Waals surface area contributed by atoms with Gasteiger partial charge in [-0.2, -0.15) is 0 Å². The molecule has 1 saturated carbocycles. The van der Waals surface area contributed by atoms with E-state index >= 15 is 0 Å². The molecule has 0 amide bonds. The van der Waals surface area contributed by atoms with Gasteiger partial charge in [0.15, 0.2) is 12.2 Å². The Kier molecular flexibility index (Phi) is 10.5. The lowest BCUT2D eigenvalue weighted by molar-refractivity contribution is -0.165. The van der Waals surface area contributed by atoms with Crippen molar-refractivity contribution in [2.75, 3.05) is 19.6 Å². The molecular weight excluding hydrogens is 447 g/mol. The van der Waals surface area contributed by atoms with E-state index in [1.807, 2.05) is 12.1 Å². The van der Waals surface area contributed by atoms with Crippen LogP contribution in [0, 0.1) is 5.92 Å². The van der Waals surface area contributed by atoms with Gasteiger partial charge in [-0.1, -0.05) is 42.1 Å². The van der Waals surface area contributed by atoms with Gasteiger partial charge in [-0.3, -0.25) is 4.90 Å². The highest BCUT2D eigenvalue weighted by molar-refractivity contribution is 6.35. The largest absolute Gasteiger partial charge is 0.479 e. The zero-order valence-corrected chi connectivity index (χ0v) is 18.7. The Hall–Kier alpha value is -1.42. The predicted octanol–water partition coefficient (Wildman–Crippen LogP) is 2.22. The maximum absolute atomic E-state index is 9.77. The summed E-state index contributed by atoms with van der Waals surface area (Å²) in [6, 6.07) is 6.63. The number of hydrogen-bond donors (Lipinski definition) is 5. The average Bonchev–Trinajstić information content (AvgIpc) is 3.42. The minimum Gasteiger partial charge on any atom is -0.479 e. The van der Waals surface area contributed by atoms with Crippen LogP contribution in [0.15, 0.2) is 18.2 Å². The summed E-state index contributed by atoms with van der Waals surface area (Å²) < 4.78 is 0. The third-order valence-corrected chi connectivity index (χ3v) is 6.28. The van der Waals surface area contributed by atoms with Crippen molar-refractivity contribution in [3.63, 3.8) is 0 Å². The number of hydrogen-bond acceptors (Lipinski definition) is 6. The van der Waals surface area contributed by atoms with E-state index in [9.17, 15) is 9.59 Å². The molecule has 3 atom stereocenters. The second-order valence-corrected chi connectivity index (χ2v) is 8.87. The van der Waals surface area contributed by atoms with Crippen LogP contribution in [0.4, 0.5) is 0 Å². The van der Waals surface area contributed by atoms with Crippen molar-refractivity contribution >= 4 is 35.1 Å². The Bertz CT molecular complexity index is 721. The van der Waals surface area contributed by atoms with E-state index in [1.54, 1.807) is 0 Å². The molecule has 0 bridgehead atoms. The van der Waals surface area contributed by atoms with Gasteiger partial charge in [-0.25, -0.2) is 9.59 Å². The molecule has 1 aromatic rings. The van der Waals surface area contributed by atoms with Crippen LogP contribution in [0.3, 0.4) is 0 Å². The molecule has 1 saturated heterocycles. The third-order valence-electron chi connectivity index (χ3n) is 5.69. The van der Waals surface area contributed by atoms with Crippen molar-refractivity contribution in [3.8, 4) is 0 Å². The van der Waals surface area contributed by atoms with Crippen molar-refractivity contribution in [2.24, 2.45) is 5.92 Å². The summed E-state index contributed by atoms with van der Waals surface area (Å²) in [6.07, 6.45) is 2.19. The van der Waals surface area contributed by atoms with Gasteiger partial charge in [0.25, 0.3) is 0 Å². The van der Waals surface area contributed by atoms with Crippen LogP contribution in [0.25, 0.3) is 0 Å². The Balaban J connectivity index is 0.000000291. The Morgan fingerprint density at radius 3 is 2.16 bits per heavy atom. The monoisotopic (exact) mass is 476 g/mol. The summed E-state index contributed by atoms with van der Waals surface area (Å²) in [5, 5.41) is 37.5. The number of benzene rings is 1. The first-order valence-electron chi connectivity index (χ1n) is 10.4. The minimum atomic E-state index is -2.27. The Labute approximate surface area is 191 Å². The van der Waals surface area contributed by atoms with Gasteiger partial charge in [-0.05, 0) is 56.0 Å². The molecule has 8 nitrogen and oxygen atoms in total. The fourth-order valence-corrected chi connectivity index (χ4v) is 4.42. The number of carboxylic acids is 2. The van der Waals surface area contributed by atoms with Gasteiger partial charge in [0.1, 0.15) is 0 Å². The first kappa shape index (κ1) is 25.8. The molecule has 5 N–H and O–H groups in total. The zero-order chi connectivity index (χ0) is 23.0. The van der Waals surface area contributed by atoms with Crippen LogP contribution < -0.4 is 5.32 Å². The summed E-state index contributed by atoms with van der Waals surface area (Å²) >= 11 is 12.4. The molecule has 0 spiro atoms. The summed E-state index contributed by atoms with van der Waals surface area (Å²) in [7, 11) is 0. The van der Waals surface area contributed by atoms with E-state index in [0.717, 1.165) is 35.1 Å². The van der Waals surface area contributed by atoms with E-state index in [4.69, 9.17) is 43.6 Å². The van der Waals surface area contributed by atoms with Gasteiger partial charge in [0.05, 0.1) is 0 Å². The van der Waals surface area contributed by atoms with E-state index in [1.165, 1.54) is 50.8 Å². The molecule has 2 aliphatic rings. The SMILES string of the molecule is Clc1ccc(CN(C[C@@H]2CCNC2)C2CCCC2)c(Cl)c1.O=C(O)C(O)C(O)C(=O)O. The van der Waals surface area contributed by atoms with Crippen LogP contribution in [-0.4, -0.2) is 75.1 Å². The van der Waals surface area contributed by atoms with Gasteiger partial charge in [-0.15, -0.1) is 0 Å². The fourth-order valence-electron chi connectivity index (χ4n) is 3.95. The van der Waals surface area contributed by atoms with Gasteiger partial charge in [0.2, 0.25) is 0 Å². The second kappa shape index (κ2) is 12.6. The highest BCUT2D eigenvalue weighted by atomic mass is 35.5. The van der Waals surface area contributed by atoms with Crippen molar-refractivity contribution in [1.29, 1.82) is 0 Å². The summed E-state index contributed by atoms with van der Waals surface area (Å²) in [4.78, 5) is 22.2. The molecule has 1 aromatic carbocycles. The third kappa shape index (κ3) is 8.21. The number of carbonyl (C=O) groups is 2. The predicted molar refractivity (Wildman–Crippen MR) is 117 cm³/mol. The molecule has 1 aliphatic heterocycles. The highest BCUT2D eigenvalue weighted by Crippen LogP contribution is 2.29. The molecule has 1 heterocycles. The molecule has 31 heavy (non-hydrogen) atoms. The smallest absolute Gasteiger partial charge is 0.335 e. The number of nitrogens with one attached hydrogen (secondary N) is 1. The molecule has 3 rings (SSSR count). The lowest BCUT2D eigenvalue weighted by Crippen LogP contribution is -2.39. The fraction of sp³-hybridized carbons (Fsp3) is 0.619.